The minimum Gasteiger partial charge on any atom is -0.348 e. The Labute approximate surface area is 167 Å². The van der Waals surface area contributed by atoms with Gasteiger partial charge < -0.3 is 5.32 Å². The van der Waals surface area contributed by atoms with E-state index in [1.165, 1.54) is 0 Å². The molecule has 3 heterocycles. The van der Waals surface area contributed by atoms with Crippen LogP contribution in [0, 0.1) is 0 Å². The number of para-hydroxylation sites is 1. The molecule has 138 valence electrons. The van der Waals surface area contributed by atoms with Gasteiger partial charge in [0.15, 0.2) is 0 Å². The lowest BCUT2D eigenvalue weighted by Crippen LogP contribution is -2.19. The molecule has 0 aliphatic rings. The van der Waals surface area contributed by atoms with Gasteiger partial charge in [0.05, 0.1) is 12.2 Å². The molecular weight excluding hydrogens is 368 g/mol. The summed E-state index contributed by atoms with van der Waals surface area (Å²) < 4.78 is 1.81. The molecule has 0 saturated heterocycles. The van der Waals surface area contributed by atoms with Crippen molar-refractivity contribution in [2.24, 2.45) is 0 Å². The normalized spacial score (nSPS) is 11.0. The lowest BCUT2D eigenvalue weighted by molar-refractivity contribution is -0.116. The van der Waals surface area contributed by atoms with Crippen LogP contribution >= 0.6 is 11.3 Å². The maximum Gasteiger partial charge on any atom is 0.244 e. The molecule has 5 nitrogen and oxygen atoms in total. The van der Waals surface area contributed by atoms with E-state index in [4.69, 9.17) is 5.10 Å². The van der Waals surface area contributed by atoms with Gasteiger partial charge in [0.1, 0.15) is 5.69 Å². The van der Waals surface area contributed by atoms with Crippen LogP contribution in [-0.4, -0.2) is 20.7 Å². The molecule has 28 heavy (non-hydrogen) atoms. The van der Waals surface area contributed by atoms with Crippen molar-refractivity contribution in [1.29, 1.82) is 0 Å². The van der Waals surface area contributed by atoms with E-state index in [0.717, 1.165) is 27.4 Å². The molecule has 4 aromatic rings. The predicted molar refractivity (Wildman–Crippen MR) is 112 cm³/mol. The lowest BCUT2D eigenvalue weighted by atomic mass is 10.1. The Morgan fingerprint density at radius 1 is 1.11 bits per heavy atom. The average molecular weight is 386 g/mol. The Morgan fingerprint density at radius 3 is 2.75 bits per heavy atom. The van der Waals surface area contributed by atoms with Gasteiger partial charge in [-0.25, -0.2) is 4.68 Å². The first kappa shape index (κ1) is 17.9. The van der Waals surface area contributed by atoms with Gasteiger partial charge in [0, 0.05) is 40.7 Å². The largest absolute Gasteiger partial charge is 0.348 e. The molecule has 4 rings (SSSR count). The third-order valence-electron chi connectivity index (χ3n) is 4.13. The zero-order chi connectivity index (χ0) is 19.2. The number of benzene rings is 1. The van der Waals surface area contributed by atoms with Crippen LogP contribution in [0.5, 0.6) is 0 Å². The van der Waals surface area contributed by atoms with Crippen molar-refractivity contribution in [2.45, 2.75) is 6.54 Å². The van der Waals surface area contributed by atoms with Gasteiger partial charge in [-0.1, -0.05) is 24.3 Å². The number of rotatable bonds is 6. The van der Waals surface area contributed by atoms with Crippen molar-refractivity contribution in [1.82, 2.24) is 20.1 Å². The Balaban J connectivity index is 1.59. The van der Waals surface area contributed by atoms with E-state index in [1.54, 1.807) is 35.9 Å². The van der Waals surface area contributed by atoms with E-state index >= 15 is 0 Å². The van der Waals surface area contributed by atoms with Crippen molar-refractivity contribution in [3.63, 3.8) is 0 Å². The molecule has 1 N–H and O–H groups in total. The number of amides is 1. The van der Waals surface area contributed by atoms with Crippen LogP contribution in [-0.2, 0) is 11.3 Å². The molecule has 0 radical (unpaired) electrons. The molecule has 0 spiro atoms. The summed E-state index contributed by atoms with van der Waals surface area (Å²) >= 11 is 1.62. The third-order valence-corrected chi connectivity index (χ3v) is 5.01. The second kappa shape index (κ2) is 8.45. The molecule has 0 aliphatic carbocycles. The number of hydrogen-bond acceptors (Lipinski definition) is 4. The van der Waals surface area contributed by atoms with Crippen LogP contribution in [0.3, 0.4) is 0 Å². The first-order chi connectivity index (χ1) is 13.8. The fourth-order valence-corrected chi connectivity index (χ4v) is 3.41. The Morgan fingerprint density at radius 2 is 2.00 bits per heavy atom. The van der Waals surface area contributed by atoms with E-state index in [0.29, 0.717) is 6.54 Å². The number of carbonyl (C=O) groups is 1. The van der Waals surface area contributed by atoms with Crippen molar-refractivity contribution >= 4 is 23.3 Å². The van der Waals surface area contributed by atoms with E-state index in [2.05, 4.69) is 10.3 Å². The van der Waals surface area contributed by atoms with Gasteiger partial charge in [-0.3, -0.25) is 9.78 Å². The van der Waals surface area contributed by atoms with Gasteiger partial charge in [-0.2, -0.15) is 5.10 Å². The van der Waals surface area contributed by atoms with Gasteiger partial charge in [-0.05, 0) is 41.8 Å². The van der Waals surface area contributed by atoms with Crippen LogP contribution in [0.1, 0.15) is 10.4 Å². The molecule has 1 amide bonds. The zero-order valence-electron chi connectivity index (χ0n) is 15.0. The summed E-state index contributed by atoms with van der Waals surface area (Å²) in [6, 6.07) is 17.7. The summed E-state index contributed by atoms with van der Waals surface area (Å²) in [7, 11) is 0. The summed E-state index contributed by atoms with van der Waals surface area (Å²) in [4.78, 5) is 17.5. The molecule has 0 bridgehead atoms. The lowest BCUT2D eigenvalue weighted by Gasteiger charge is -2.00. The molecular formula is C22H18N4OS. The van der Waals surface area contributed by atoms with Crippen LogP contribution in [0.2, 0.25) is 0 Å². The molecule has 0 atom stereocenters. The number of thiophene rings is 1. The third kappa shape index (κ3) is 4.24. The number of pyridine rings is 1. The van der Waals surface area contributed by atoms with E-state index in [-0.39, 0.29) is 5.91 Å². The van der Waals surface area contributed by atoms with Gasteiger partial charge in [0.25, 0.3) is 0 Å². The number of nitrogens with zero attached hydrogens (tertiary/aromatic N) is 3. The topological polar surface area (TPSA) is 59.8 Å². The summed E-state index contributed by atoms with van der Waals surface area (Å²) in [6.45, 7) is 0.527. The van der Waals surface area contributed by atoms with Gasteiger partial charge >= 0.3 is 0 Å². The van der Waals surface area contributed by atoms with Crippen LogP contribution in [0.4, 0.5) is 0 Å². The molecule has 0 aliphatic heterocycles. The minimum atomic E-state index is -0.141. The summed E-state index contributed by atoms with van der Waals surface area (Å²) in [6.07, 6.45) is 8.75. The SMILES string of the molecule is O=C(/C=C/c1cn(-c2ccccc2)nc1-c1cccnc1)NCc1cccs1. The zero-order valence-corrected chi connectivity index (χ0v) is 15.8. The van der Waals surface area contributed by atoms with Crippen LogP contribution < -0.4 is 5.32 Å². The van der Waals surface area contributed by atoms with Crippen molar-refractivity contribution < 1.29 is 4.79 Å². The fraction of sp³-hybridized carbons (Fsp3) is 0.0455. The first-order valence-electron chi connectivity index (χ1n) is 8.83. The molecule has 1 aromatic carbocycles. The number of nitrogens with one attached hydrogen (secondary N) is 1. The summed E-state index contributed by atoms with van der Waals surface area (Å²) in [5.41, 5.74) is 3.48. The summed E-state index contributed by atoms with van der Waals surface area (Å²) in [5, 5.41) is 9.60. The number of aromatic nitrogens is 3. The van der Waals surface area contributed by atoms with Gasteiger partial charge in [0.2, 0.25) is 5.91 Å². The molecule has 3 aromatic heterocycles. The fourth-order valence-electron chi connectivity index (χ4n) is 2.76. The second-order valence-corrected chi connectivity index (χ2v) is 7.12. The Bertz CT molecular complexity index is 1070. The maximum absolute atomic E-state index is 12.2. The first-order valence-corrected chi connectivity index (χ1v) is 9.71. The maximum atomic E-state index is 12.2. The highest BCUT2D eigenvalue weighted by molar-refractivity contribution is 7.09. The smallest absolute Gasteiger partial charge is 0.244 e. The van der Waals surface area contributed by atoms with E-state index in [9.17, 15) is 4.79 Å². The predicted octanol–water partition coefficient (Wildman–Crippen LogP) is 4.33. The van der Waals surface area contributed by atoms with Gasteiger partial charge in [-0.15, -0.1) is 11.3 Å². The highest BCUT2D eigenvalue weighted by Gasteiger charge is 2.11. The van der Waals surface area contributed by atoms with Crippen LogP contribution in [0.15, 0.2) is 84.6 Å². The Hall–Kier alpha value is -3.51. The second-order valence-electron chi connectivity index (χ2n) is 6.09. The summed E-state index contributed by atoms with van der Waals surface area (Å²) in [5.74, 6) is -0.141. The molecule has 0 saturated carbocycles. The quantitative estimate of drug-likeness (QED) is 0.502. The van der Waals surface area contributed by atoms with Crippen molar-refractivity contribution in [3.05, 3.63) is 95.1 Å². The Kier molecular flexibility index (Phi) is 5.40. The highest BCUT2D eigenvalue weighted by Crippen LogP contribution is 2.24. The minimum absolute atomic E-state index is 0.141. The molecule has 0 fully saturated rings. The van der Waals surface area contributed by atoms with E-state index in [1.807, 2.05) is 70.9 Å². The average Bonchev–Trinajstić information content (AvgIpc) is 3.42. The highest BCUT2D eigenvalue weighted by atomic mass is 32.1. The number of carbonyl (C=O) groups excluding carboxylic acids is 1. The monoisotopic (exact) mass is 386 g/mol. The van der Waals surface area contributed by atoms with E-state index < -0.39 is 0 Å². The standard InChI is InChI=1S/C22H18N4OS/c27-21(24-15-20-9-5-13-28-20)11-10-18-16-26(19-7-2-1-3-8-19)25-22(18)17-6-4-12-23-14-17/h1-14,16H,15H2,(H,24,27)/b11-10+. The number of hydrogen-bond donors (Lipinski definition) is 1. The molecule has 0 unspecified atom stereocenters. The molecule has 6 heteroatoms. The van der Waals surface area contributed by atoms with Crippen LogP contribution in [0.25, 0.3) is 23.0 Å². The van der Waals surface area contributed by atoms with Crippen molar-refractivity contribution in [2.75, 3.05) is 0 Å². The van der Waals surface area contributed by atoms with Crippen molar-refractivity contribution in [3.8, 4) is 16.9 Å².